The topological polar surface area (TPSA) is 128 Å². The average Bonchev–Trinajstić information content (AvgIpc) is 3.27. The molecule has 31 heavy (non-hydrogen) atoms. The minimum Gasteiger partial charge on any atom is -0.508 e. The second-order valence-electron chi connectivity index (χ2n) is 7.83. The van der Waals surface area contributed by atoms with Gasteiger partial charge in [0.2, 0.25) is 5.91 Å². The Morgan fingerprint density at radius 3 is 2.48 bits per heavy atom. The number of rotatable bonds is 11. The standard InChI is InChI=1S/C23H34N2O6/c1-3-30-21(27)12-11-19(24)22(28)25-20(23(29)31-4-2)13-16-9-10-17(26)14-18(16)15-7-5-6-8-15/h9-10,14-15,19-20,26H,3-8,11-13,24H2,1-2H3,(H,25,28)/t19-,20-/m0/s1. The van der Waals surface area contributed by atoms with Crippen LogP contribution in [-0.4, -0.2) is 48.2 Å². The summed E-state index contributed by atoms with van der Waals surface area (Å²) in [5.74, 6) is -0.976. The molecule has 172 valence electrons. The van der Waals surface area contributed by atoms with Crippen LogP contribution in [0.5, 0.6) is 5.75 Å². The van der Waals surface area contributed by atoms with Crippen molar-refractivity contribution in [3.63, 3.8) is 0 Å². The molecule has 8 nitrogen and oxygen atoms in total. The zero-order valence-corrected chi connectivity index (χ0v) is 18.4. The maximum atomic E-state index is 12.6. The number of esters is 2. The van der Waals surface area contributed by atoms with Gasteiger partial charge in [-0.15, -0.1) is 0 Å². The summed E-state index contributed by atoms with van der Waals surface area (Å²) < 4.78 is 10.0. The number of phenolic OH excluding ortho intramolecular Hbond substituents is 1. The predicted molar refractivity (Wildman–Crippen MR) is 115 cm³/mol. The molecule has 0 heterocycles. The van der Waals surface area contributed by atoms with E-state index in [2.05, 4.69) is 5.32 Å². The fourth-order valence-corrected chi connectivity index (χ4v) is 3.96. The Bertz CT molecular complexity index is 760. The van der Waals surface area contributed by atoms with Gasteiger partial charge in [0.05, 0.1) is 19.3 Å². The molecule has 2 atom stereocenters. The first-order valence-corrected chi connectivity index (χ1v) is 11.1. The van der Waals surface area contributed by atoms with Crippen molar-refractivity contribution in [3.8, 4) is 5.75 Å². The highest BCUT2D eigenvalue weighted by Crippen LogP contribution is 2.37. The molecule has 0 aliphatic heterocycles. The smallest absolute Gasteiger partial charge is 0.328 e. The molecule has 0 spiro atoms. The van der Waals surface area contributed by atoms with E-state index in [-0.39, 0.29) is 38.2 Å². The van der Waals surface area contributed by atoms with Gasteiger partial charge >= 0.3 is 11.9 Å². The molecule has 1 aliphatic carbocycles. The molecule has 1 saturated carbocycles. The number of ether oxygens (including phenoxy) is 2. The summed E-state index contributed by atoms with van der Waals surface area (Å²) in [4.78, 5) is 36.7. The lowest BCUT2D eigenvalue weighted by Crippen LogP contribution is -2.50. The zero-order chi connectivity index (χ0) is 22.8. The highest BCUT2D eigenvalue weighted by molar-refractivity contribution is 5.88. The molecule has 1 aliphatic rings. The Kier molecular flexibility index (Phi) is 9.78. The summed E-state index contributed by atoms with van der Waals surface area (Å²) in [6.07, 6.45) is 4.71. The molecule has 2 rings (SSSR count). The number of benzene rings is 1. The van der Waals surface area contributed by atoms with Crippen molar-refractivity contribution in [2.45, 2.75) is 76.8 Å². The highest BCUT2D eigenvalue weighted by Gasteiger charge is 2.28. The van der Waals surface area contributed by atoms with Gasteiger partial charge in [-0.1, -0.05) is 18.9 Å². The predicted octanol–water partition coefficient (Wildman–Crippen LogP) is 2.31. The van der Waals surface area contributed by atoms with Crippen molar-refractivity contribution in [1.82, 2.24) is 5.32 Å². The number of nitrogens with one attached hydrogen (secondary N) is 1. The molecule has 8 heteroatoms. The number of aromatic hydroxyl groups is 1. The zero-order valence-electron chi connectivity index (χ0n) is 18.4. The summed E-state index contributed by atoms with van der Waals surface area (Å²) in [5, 5.41) is 12.7. The first-order valence-electron chi connectivity index (χ1n) is 11.1. The van der Waals surface area contributed by atoms with Crippen molar-refractivity contribution in [3.05, 3.63) is 29.3 Å². The second kappa shape index (κ2) is 12.3. The number of phenols is 1. The van der Waals surface area contributed by atoms with Gasteiger partial charge in [0.1, 0.15) is 11.8 Å². The Hall–Kier alpha value is -2.61. The lowest BCUT2D eigenvalue weighted by atomic mass is 9.89. The van der Waals surface area contributed by atoms with E-state index in [0.29, 0.717) is 5.92 Å². The fourth-order valence-electron chi connectivity index (χ4n) is 3.96. The molecule has 0 aromatic heterocycles. The highest BCUT2D eigenvalue weighted by atomic mass is 16.5. The summed E-state index contributed by atoms with van der Waals surface area (Å²) >= 11 is 0. The van der Waals surface area contributed by atoms with Crippen LogP contribution in [0.25, 0.3) is 0 Å². The van der Waals surface area contributed by atoms with Crippen LogP contribution < -0.4 is 11.1 Å². The monoisotopic (exact) mass is 434 g/mol. The van der Waals surface area contributed by atoms with Gasteiger partial charge in [0, 0.05) is 12.8 Å². The lowest BCUT2D eigenvalue weighted by molar-refractivity contribution is -0.148. The van der Waals surface area contributed by atoms with Crippen LogP contribution in [-0.2, 0) is 30.3 Å². The summed E-state index contributed by atoms with van der Waals surface area (Å²) in [6.45, 7) is 3.86. The Labute approximate surface area is 183 Å². The number of carbonyl (C=O) groups is 3. The van der Waals surface area contributed by atoms with E-state index in [9.17, 15) is 19.5 Å². The molecule has 4 N–H and O–H groups in total. The molecule has 0 radical (unpaired) electrons. The molecule has 1 amide bonds. The normalized spacial score (nSPS) is 15.8. The first-order chi connectivity index (χ1) is 14.8. The number of amides is 1. The van der Waals surface area contributed by atoms with E-state index in [1.165, 1.54) is 0 Å². The quantitative estimate of drug-likeness (QED) is 0.456. The van der Waals surface area contributed by atoms with Crippen molar-refractivity contribution in [2.75, 3.05) is 13.2 Å². The van der Waals surface area contributed by atoms with E-state index in [1.54, 1.807) is 32.0 Å². The molecular formula is C23H34N2O6. The van der Waals surface area contributed by atoms with Crippen molar-refractivity contribution >= 4 is 17.8 Å². The maximum Gasteiger partial charge on any atom is 0.328 e. The van der Waals surface area contributed by atoms with Crippen LogP contribution in [0.15, 0.2) is 18.2 Å². The van der Waals surface area contributed by atoms with Gasteiger partial charge in [-0.3, -0.25) is 9.59 Å². The average molecular weight is 435 g/mol. The molecule has 1 fully saturated rings. The number of hydrogen-bond donors (Lipinski definition) is 3. The lowest BCUT2D eigenvalue weighted by Gasteiger charge is -2.22. The third-order valence-corrected chi connectivity index (χ3v) is 5.54. The van der Waals surface area contributed by atoms with Gasteiger partial charge in [-0.2, -0.15) is 0 Å². The largest absolute Gasteiger partial charge is 0.508 e. The first kappa shape index (κ1) is 24.7. The number of carbonyl (C=O) groups excluding carboxylic acids is 3. The summed E-state index contributed by atoms with van der Waals surface area (Å²) in [7, 11) is 0. The van der Waals surface area contributed by atoms with E-state index in [0.717, 1.165) is 36.8 Å². The van der Waals surface area contributed by atoms with E-state index in [4.69, 9.17) is 15.2 Å². The van der Waals surface area contributed by atoms with Crippen LogP contribution in [0.2, 0.25) is 0 Å². The van der Waals surface area contributed by atoms with Crippen molar-refractivity contribution in [2.24, 2.45) is 5.73 Å². The summed E-state index contributed by atoms with van der Waals surface area (Å²) in [5.41, 5.74) is 7.82. The van der Waals surface area contributed by atoms with Gasteiger partial charge in [0.15, 0.2) is 0 Å². The maximum absolute atomic E-state index is 12.6. The third kappa shape index (κ3) is 7.54. The molecule has 1 aromatic carbocycles. The van der Waals surface area contributed by atoms with Gasteiger partial charge in [-0.25, -0.2) is 4.79 Å². The third-order valence-electron chi connectivity index (χ3n) is 5.54. The van der Waals surface area contributed by atoms with Crippen molar-refractivity contribution in [1.29, 1.82) is 0 Å². The minimum atomic E-state index is -0.949. The van der Waals surface area contributed by atoms with E-state index in [1.807, 2.05) is 0 Å². The fraction of sp³-hybridized carbons (Fsp3) is 0.609. The Morgan fingerprint density at radius 2 is 1.84 bits per heavy atom. The van der Waals surface area contributed by atoms with Gasteiger partial charge < -0.3 is 25.6 Å². The second-order valence-corrected chi connectivity index (χ2v) is 7.83. The van der Waals surface area contributed by atoms with Gasteiger partial charge in [0.25, 0.3) is 0 Å². The van der Waals surface area contributed by atoms with Crippen LogP contribution >= 0.6 is 0 Å². The molecule has 0 unspecified atom stereocenters. The van der Waals surface area contributed by atoms with E-state index >= 15 is 0 Å². The molecule has 1 aromatic rings. The van der Waals surface area contributed by atoms with Gasteiger partial charge in [-0.05, 0) is 62.3 Å². The Morgan fingerprint density at radius 1 is 1.16 bits per heavy atom. The molecule has 0 bridgehead atoms. The minimum absolute atomic E-state index is 0.0241. The van der Waals surface area contributed by atoms with E-state index < -0.39 is 29.9 Å². The van der Waals surface area contributed by atoms with Crippen LogP contribution in [0.3, 0.4) is 0 Å². The number of nitrogens with two attached hydrogens (primary N) is 1. The van der Waals surface area contributed by atoms with Crippen LogP contribution in [0.1, 0.15) is 69.4 Å². The van der Waals surface area contributed by atoms with Crippen LogP contribution in [0.4, 0.5) is 0 Å². The Balaban J connectivity index is 2.11. The van der Waals surface area contributed by atoms with Crippen molar-refractivity contribution < 1.29 is 29.0 Å². The van der Waals surface area contributed by atoms with Crippen LogP contribution in [0, 0.1) is 0 Å². The summed E-state index contributed by atoms with van der Waals surface area (Å²) in [6, 6.07) is 3.27. The SMILES string of the molecule is CCOC(=O)CC[C@H](N)C(=O)N[C@@H](Cc1ccc(O)cc1C1CCCC1)C(=O)OCC. The number of hydrogen-bond acceptors (Lipinski definition) is 7. The molecular weight excluding hydrogens is 400 g/mol. The molecule has 0 saturated heterocycles.